The van der Waals surface area contributed by atoms with Crippen molar-refractivity contribution in [3.63, 3.8) is 0 Å². The monoisotopic (exact) mass is 212 g/mol. The molecule has 3 heteroatoms. The maximum absolute atomic E-state index is 11.0. The molecule has 1 atom stereocenters. The van der Waals surface area contributed by atoms with Gasteiger partial charge in [-0.25, -0.2) is 0 Å². The van der Waals surface area contributed by atoms with Gasteiger partial charge in [0.05, 0.1) is 5.92 Å². The largest absolute Gasteiger partial charge is 0.481 e. The highest BCUT2D eigenvalue weighted by Gasteiger charge is 2.23. The second-order valence-corrected chi connectivity index (χ2v) is 4.05. The average molecular weight is 213 g/mol. The minimum atomic E-state index is -0.803. The summed E-state index contributed by atoms with van der Waals surface area (Å²) in [5.41, 5.74) is 0.764. The number of rotatable bonds is 3. The summed E-state index contributed by atoms with van der Waals surface area (Å²) in [6, 6.07) is 7.02. The highest BCUT2D eigenvalue weighted by Crippen LogP contribution is 2.26. The second kappa shape index (κ2) is 4.47. The minimum Gasteiger partial charge on any atom is -0.481 e. The van der Waals surface area contributed by atoms with Gasteiger partial charge in [0.25, 0.3) is 0 Å². The number of carbonyl (C=O) groups is 1. The summed E-state index contributed by atoms with van der Waals surface area (Å²) in [6.07, 6.45) is 0. The predicted octanol–water partition coefficient (Wildman–Crippen LogP) is 3.16. The van der Waals surface area contributed by atoms with Crippen LogP contribution in [-0.4, -0.2) is 11.1 Å². The van der Waals surface area contributed by atoms with E-state index >= 15 is 0 Å². The van der Waals surface area contributed by atoms with Gasteiger partial charge in [-0.3, -0.25) is 4.79 Å². The van der Waals surface area contributed by atoms with Crippen molar-refractivity contribution in [2.75, 3.05) is 0 Å². The molecule has 0 fully saturated rings. The first-order chi connectivity index (χ1) is 6.52. The van der Waals surface area contributed by atoms with Crippen LogP contribution in [-0.2, 0) is 4.79 Å². The van der Waals surface area contributed by atoms with Gasteiger partial charge in [-0.1, -0.05) is 37.6 Å². The van der Waals surface area contributed by atoms with Crippen LogP contribution in [0.1, 0.15) is 25.3 Å². The average Bonchev–Trinajstić information content (AvgIpc) is 2.02. The highest BCUT2D eigenvalue weighted by molar-refractivity contribution is 6.30. The molecule has 0 saturated heterocycles. The Morgan fingerprint density at radius 3 is 2.50 bits per heavy atom. The van der Waals surface area contributed by atoms with Gasteiger partial charge in [0, 0.05) is 5.02 Å². The molecule has 0 aromatic heterocycles. The van der Waals surface area contributed by atoms with Crippen LogP contribution in [0.25, 0.3) is 0 Å². The Hall–Kier alpha value is -1.02. The molecule has 1 N–H and O–H groups in total. The SMILES string of the molecule is CC(C)C(C(=O)O)c1cccc(Cl)c1. The van der Waals surface area contributed by atoms with E-state index in [4.69, 9.17) is 16.7 Å². The summed E-state index contributed by atoms with van der Waals surface area (Å²) in [7, 11) is 0. The maximum atomic E-state index is 11.0. The highest BCUT2D eigenvalue weighted by atomic mass is 35.5. The van der Waals surface area contributed by atoms with Crippen LogP contribution in [0.5, 0.6) is 0 Å². The van der Waals surface area contributed by atoms with E-state index < -0.39 is 11.9 Å². The van der Waals surface area contributed by atoms with E-state index in [1.165, 1.54) is 0 Å². The minimum absolute atomic E-state index is 0.0611. The predicted molar refractivity (Wildman–Crippen MR) is 56.7 cm³/mol. The Bertz CT molecular complexity index is 334. The zero-order chi connectivity index (χ0) is 10.7. The zero-order valence-corrected chi connectivity index (χ0v) is 8.95. The summed E-state index contributed by atoms with van der Waals surface area (Å²) in [5, 5.41) is 9.62. The first kappa shape index (κ1) is 11.1. The molecule has 1 aromatic rings. The number of halogens is 1. The summed E-state index contributed by atoms with van der Waals surface area (Å²) in [4.78, 5) is 11.0. The van der Waals surface area contributed by atoms with Crippen molar-refractivity contribution in [2.45, 2.75) is 19.8 Å². The molecule has 0 heterocycles. The first-order valence-electron chi connectivity index (χ1n) is 4.50. The molecule has 0 aliphatic heterocycles. The van der Waals surface area contributed by atoms with Gasteiger partial charge in [-0.05, 0) is 23.6 Å². The summed E-state index contributed by atoms with van der Waals surface area (Å²) >= 11 is 5.81. The van der Waals surface area contributed by atoms with Crippen molar-refractivity contribution in [3.05, 3.63) is 34.9 Å². The summed E-state index contributed by atoms with van der Waals surface area (Å²) < 4.78 is 0. The molecular formula is C11H13ClO2. The fourth-order valence-corrected chi connectivity index (χ4v) is 1.71. The molecule has 0 amide bonds. The molecule has 14 heavy (non-hydrogen) atoms. The van der Waals surface area contributed by atoms with E-state index in [-0.39, 0.29) is 5.92 Å². The van der Waals surface area contributed by atoms with E-state index in [1.807, 2.05) is 13.8 Å². The lowest BCUT2D eigenvalue weighted by molar-refractivity contribution is -0.139. The summed E-state index contributed by atoms with van der Waals surface area (Å²) in [6.45, 7) is 3.78. The van der Waals surface area contributed by atoms with Gasteiger partial charge in [0.2, 0.25) is 0 Å². The Kier molecular flexibility index (Phi) is 3.53. The van der Waals surface area contributed by atoms with Gasteiger partial charge >= 0.3 is 5.97 Å². The molecule has 0 bridgehead atoms. The van der Waals surface area contributed by atoms with Crippen LogP contribution >= 0.6 is 11.6 Å². The second-order valence-electron chi connectivity index (χ2n) is 3.61. The van der Waals surface area contributed by atoms with Gasteiger partial charge in [-0.2, -0.15) is 0 Å². The Labute approximate surface area is 88.5 Å². The number of aliphatic carboxylic acids is 1. The topological polar surface area (TPSA) is 37.3 Å². The fraction of sp³-hybridized carbons (Fsp3) is 0.364. The molecule has 1 rings (SSSR count). The van der Waals surface area contributed by atoms with Crippen molar-refractivity contribution in [3.8, 4) is 0 Å². The third-order valence-corrected chi connectivity index (χ3v) is 2.38. The normalized spacial score (nSPS) is 12.9. The number of hydrogen-bond donors (Lipinski definition) is 1. The van der Waals surface area contributed by atoms with Crippen molar-refractivity contribution in [1.82, 2.24) is 0 Å². The fourth-order valence-electron chi connectivity index (χ4n) is 1.51. The van der Waals surface area contributed by atoms with Crippen LogP contribution in [0.4, 0.5) is 0 Å². The third kappa shape index (κ3) is 2.48. The number of benzene rings is 1. The Balaban J connectivity index is 3.05. The Morgan fingerprint density at radius 1 is 1.43 bits per heavy atom. The first-order valence-corrected chi connectivity index (χ1v) is 4.88. The smallest absolute Gasteiger partial charge is 0.311 e. The van der Waals surface area contributed by atoms with Gasteiger partial charge in [-0.15, -0.1) is 0 Å². The van der Waals surface area contributed by atoms with Gasteiger partial charge in [0.1, 0.15) is 0 Å². The van der Waals surface area contributed by atoms with E-state index in [9.17, 15) is 4.79 Å². The standard InChI is InChI=1S/C11H13ClO2/c1-7(2)10(11(13)14)8-4-3-5-9(12)6-8/h3-7,10H,1-2H3,(H,13,14). The lowest BCUT2D eigenvalue weighted by Crippen LogP contribution is -2.17. The van der Waals surface area contributed by atoms with Crippen molar-refractivity contribution < 1.29 is 9.90 Å². The van der Waals surface area contributed by atoms with Crippen LogP contribution in [0.15, 0.2) is 24.3 Å². The lowest BCUT2D eigenvalue weighted by Gasteiger charge is -2.16. The van der Waals surface area contributed by atoms with Crippen LogP contribution in [0.2, 0.25) is 5.02 Å². The van der Waals surface area contributed by atoms with E-state index in [0.29, 0.717) is 5.02 Å². The van der Waals surface area contributed by atoms with Crippen molar-refractivity contribution in [2.24, 2.45) is 5.92 Å². The number of carboxylic acids is 1. The molecule has 1 unspecified atom stereocenters. The molecule has 0 aliphatic rings. The Morgan fingerprint density at radius 2 is 2.07 bits per heavy atom. The zero-order valence-electron chi connectivity index (χ0n) is 8.20. The number of hydrogen-bond acceptors (Lipinski definition) is 1. The lowest BCUT2D eigenvalue weighted by atomic mass is 9.89. The van der Waals surface area contributed by atoms with Crippen LogP contribution in [0.3, 0.4) is 0 Å². The summed E-state index contributed by atoms with van der Waals surface area (Å²) in [5.74, 6) is -1.22. The van der Waals surface area contributed by atoms with E-state index in [1.54, 1.807) is 24.3 Å². The van der Waals surface area contributed by atoms with E-state index in [0.717, 1.165) is 5.56 Å². The van der Waals surface area contributed by atoms with Crippen LogP contribution in [0, 0.1) is 5.92 Å². The molecule has 0 saturated carbocycles. The third-order valence-electron chi connectivity index (χ3n) is 2.14. The van der Waals surface area contributed by atoms with Gasteiger partial charge < -0.3 is 5.11 Å². The van der Waals surface area contributed by atoms with Crippen molar-refractivity contribution in [1.29, 1.82) is 0 Å². The van der Waals surface area contributed by atoms with E-state index in [2.05, 4.69) is 0 Å². The van der Waals surface area contributed by atoms with Gasteiger partial charge in [0.15, 0.2) is 0 Å². The molecular weight excluding hydrogens is 200 g/mol. The van der Waals surface area contributed by atoms with Crippen molar-refractivity contribution >= 4 is 17.6 Å². The molecule has 76 valence electrons. The number of carboxylic acid groups (broad SMARTS) is 1. The molecule has 0 radical (unpaired) electrons. The molecule has 1 aromatic carbocycles. The quantitative estimate of drug-likeness (QED) is 0.836. The maximum Gasteiger partial charge on any atom is 0.311 e. The van der Waals surface area contributed by atoms with Crippen LogP contribution < -0.4 is 0 Å². The molecule has 0 spiro atoms. The molecule has 2 nitrogen and oxygen atoms in total. The molecule has 0 aliphatic carbocycles.